The zero-order chi connectivity index (χ0) is 25.4. The van der Waals surface area contributed by atoms with E-state index in [2.05, 4.69) is 10.3 Å². The molecular formula is C25H35N5O5. The molecular weight excluding hydrogens is 450 g/mol. The van der Waals surface area contributed by atoms with Gasteiger partial charge in [-0.2, -0.15) is 0 Å². The fraction of sp³-hybridized carbons (Fsp3) is 0.520. The van der Waals surface area contributed by atoms with Crippen LogP contribution in [0.25, 0.3) is 0 Å². The van der Waals surface area contributed by atoms with E-state index in [-0.39, 0.29) is 36.5 Å². The third-order valence-electron chi connectivity index (χ3n) is 5.92. The van der Waals surface area contributed by atoms with Crippen LogP contribution in [0.2, 0.25) is 0 Å². The Kier molecular flexibility index (Phi) is 9.11. The number of nitrogens with two attached hydrogens (primary N) is 1. The monoisotopic (exact) mass is 485 g/mol. The van der Waals surface area contributed by atoms with Crippen molar-refractivity contribution in [2.24, 2.45) is 5.92 Å². The third-order valence-corrected chi connectivity index (χ3v) is 5.92. The Morgan fingerprint density at radius 2 is 1.91 bits per heavy atom. The van der Waals surface area contributed by atoms with Crippen LogP contribution in [0.15, 0.2) is 33.9 Å². The number of H-pyrrole nitrogens is 1. The summed E-state index contributed by atoms with van der Waals surface area (Å²) in [5.74, 6) is -0.0151. The number of aromatic amines is 1. The number of rotatable bonds is 13. The van der Waals surface area contributed by atoms with Crippen LogP contribution in [0.5, 0.6) is 5.75 Å². The molecule has 1 saturated carbocycles. The number of nitrogens with zero attached hydrogens (tertiary/aromatic N) is 2. The van der Waals surface area contributed by atoms with E-state index in [1.807, 2.05) is 13.8 Å². The molecule has 0 spiro atoms. The van der Waals surface area contributed by atoms with Crippen LogP contribution in [0.3, 0.4) is 0 Å². The van der Waals surface area contributed by atoms with Crippen LogP contribution in [0, 0.1) is 5.92 Å². The lowest BCUT2D eigenvalue weighted by Crippen LogP contribution is -2.43. The van der Waals surface area contributed by atoms with Gasteiger partial charge >= 0.3 is 5.69 Å². The Morgan fingerprint density at radius 1 is 1.17 bits per heavy atom. The predicted molar refractivity (Wildman–Crippen MR) is 136 cm³/mol. The second-order valence-corrected chi connectivity index (χ2v) is 8.83. The largest absolute Gasteiger partial charge is 0.484 e. The number of carbonyl (C=O) groups is 2. The molecule has 4 N–H and O–H groups in total. The smallest absolute Gasteiger partial charge is 0.330 e. The van der Waals surface area contributed by atoms with Gasteiger partial charge in [-0.25, -0.2) is 4.79 Å². The Morgan fingerprint density at radius 3 is 2.60 bits per heavy atom. The number of hydrogen-bond acceptors (Lipinski definition) is 6. The Labute approximate surface area is 204 Å². The van der Waals surface area contributed by atoms with Crippen LogP contribution >= 0.6 is 0 Å². The molecule has 1 aromatic heterocycles. The van der Waals surface area contributed by atoms with Crippen molar-refractivity contribution in [1.29, 1.82) is 0 Å². The maximum atomic E-state index is 13.2. The van der Waals surface area contributed by atoms with Gasteiger partial charge in [0.25, 0.3) is 11.5 Å². The van der Waals surface area contributed by atoms with Crippen molar-refractivity contribution in [2.45, 2.75) is 65.3 Å². The summed E-state index contributed by atoms with van der Waals surface area (Å²) in [4.78, 5) is 53.9. The van der Waals surface area contributed by atoms with E-state index in [9.17, 15) is 19.2 Å². The van der Waals surface area contributed by atoms with Crippen molar-refractivity contribution in [3.8, 4) is 5.75 Å². The number of aromatic nitrogens is 2. The van der Waals surface area contributed by atoms with Gasteiger partial charge in [0.05, 0.1) is 0 Å². The number of amides is 2. The molecule has 1 aliphatic rings. The van der Waals surface area contributed by atoms with E-state index in [1.165, 1.54) is 9.47 Å². The highest BCUT2D eigenvalue weighted by atomic mass is 16.5. The topological polar surface area (TPSA) is 140 Å². The van der Waals surface area contributed by atoms with Crippen molar-refractivity contribution in [2.75, 3.05) is 29.1 Å². The van der Waals surface area contributed by atoms with Gasteiger partial charge in [0.2, 0.25) is 5.91 Å². The van der Waals surface area contributed by atoms with Gasteiger partial charge in [-0.1, -0.05) is 39.2 Å². The lowest BCUT2D eigenvalue weighted by molar-refractivity contribution is -0.120. The molecule has 1 heterocycles. The molecule has 1 aliphatic carbocycles. The highest BCUT2D eigenvalue weighted by Crippen LogP contribution is 2.30. The van der Waals surface area contributed by atoms with Crippen molar-refractivity contribution in [3.63, 3.8) is 0 Å². The first-order valence-electron chi connectivity index (χ1n) is 12.3. The first kappa shape index (κ1) is 26.1. The van der Waals surface area contributed by atoms with Crippen LogP contribution in [-0.4, -0.2) is 34.5 Å². The first-order chi connectivity index (χ1) is 16.8. The number of nitrogen functional groups attached to an aromatic ring is 1. The number of carbonyl (C=O) groups excluding carboxylic acids is 2. The standard InChI is InChI=1S/C25H35N5O5/c1-3-5-7-14-29(21-22(26)30(13-6-4-2)25(34)28-24(21)33)20(31)16-35-19-10-8-9-18(15-19)27-23(32)17-11-12-17/h8-10,15,17H,3-7,11-14,16,26H2,1-2H3,(H,27,32)(H,28,33,34). The Hall–Kier alpha value is -3.56. The molecule has 10 nitrogen and oxygen atoms in total. The SMILES string of the molecule is CCCCCN(C(=O)COc1cccc(NC(=O)C2CC2)c1)c1c(N)n(CCCC)c(=O)[nH]c1=O. The van der Waals surface area contributed by atoms with Gasteiger partial charge in [0.15, 0.2) is 12.3 Å². The number of unbranched alkanes of at least 4 members (excludes halogenated alkanes) is 3. The second-order valence-electron chi connectivity index (χ2n) is 8.83. The van der Waals surface area contributed by atoms with Gasteiger partial charge in [0, 0.05) is 30.8 Å². The van der Waals surface area contributed by atoms with Crippen molar-refractivity contribution in [3.05, 3.63) is 45.1 Å². The van der Waals surface area contributed by atoms with E-state index in [0.29, 0.717) is 30.8 Å². The van der Waals surface area contributed by atoms with Gasteiger partial charge < -0.3 is 20.7 Å². The molecule has 0 bridgehead atoms. The average molecular weight is 486 g/mol. The summed E-state index contributed by atoms with van der Waals surface area (Å²) in [6, 6.07) is 6.83. The molecule has 0 radical (unpaired) electrons. The second kappa shape index (κ2) is 12.2. The number of hydrogen-bond donors (Lipinski definition) is 3. The van der Waals surface area contributed by atoms with Crippen LogP contribution < -0.4 is 31.9 Å². The summed E-state index contributed by atoms with van der Waals surface area (Å²) in [7, 11) is 0. The molecule has 35 heavy (non-hydrogen) atoms. The molecule has 0 aliphatic heterocycles. The van der Waals surface area contributed by atoms with Crippen LogP contribution in [0.1, 0.15) is 58.8 Å². The van der Waals surface area contributed by atoms with E-state index in [1.54, 1.807) is 24.3 Å². The lowest BCUT2D eigenvalue weighted by atomic mass is 10.2. The molecule has 0 atom stereocenters. The number of nitrogens with one attached hydrogen (secondary N) is 2. The van der Waals surface area contributed by atoms with E-state index in [0.717, 1.165) is 32.1 Å². The first-order valence-corrected chi connectivity index (χ1v) is 12.3. The fourth-order valence-corrected chi connectivity index (χ4v) is 3.73. The summed E-state index contributed by atoms with van der Waals surface area (Å²) in [6.07, 6.45) is 5.80. The molecule has 0 saturated heterocycles. The van der Waals surface area contributed by atoms with Crippen molar-refractivity contribution in [1.82, 2.24) is 9.55 Å². The average Bonchev–Trinajstić information content (AvgIpc) is 3.67. The van der Waals surface area contributed by atoms with Gasteiger partial charge in [-0.15, -0.1) is 0 Å². The highest BCUT2D eigenvalue weighted by molar-refractivity contribution is 5.96. The van der Waals surface area contributed by atoms with E-state index in [4.69, 9.17) is 10.5 Å². The van der Waals surface area contributed by atoms with Crippen LogP contribution in [0.4, 0.5) is 17.2 Å². The molecule has 10 heteroatoms. The molecule has 3 rings (SSSR count). The van der Waals surface area contributed by atoms with Crippen LogP contribution in [-0.2, 0) is 16.1 Å². The van der Waals surface area contributed by atoms with Crippen molar-refractivity contribution >= 4 is 29.0 Å². The van der Waals surface area contributed by atoms with E-state index < -0.39 is 17.2 Å². The summed E-state index contributed by atoms with van der Waals surface area (Å²) in [5, 5.41) is 2.85. The Bertz CT molecular complexity index is 1150. The molecule has 1 aromatic carbocycles. The summed E-state index contributed by atoms with van der Waals surface area (Å²) in [6.45, 7) is 4.30. The molecule has 2 aromatic rings. The summed E-state index contributed by atoms with van der Waals surface area (Å²) in [5.41, 5.74) is 5.51. The fourth-order valence-electron chi connectivity index (χ4n) is 3.73. The van der Waals surface area contributed by atoms with Gasteiger partial charge in [-0.05, 0) is 37.8 Å². The number of anilines is 3. The number of benzene rings is 1. The molecule has 0 unspecified atom stereocenters. The minimum Gasteiger partial charge on any atom is -0.484 e. The van der Waals surface area contributed by atoms with Gasteiger partial charge in [-0.3, -0.25) is 23.9 Å². The quantitative estimate of drug-likeness (QED) is 0.373. The molecule has 2 amide bonds. The lowest BCUT2D eigenvalue weighted by Gasteiger charge is -2.24. The van der Waals surface area contributed by atoms with E-state index >= 15 is 0 Å². The zero-order valence-electron chi connectivity index (χ0n) is 20.5. The maximum Gasteiger partial charge on any atom is 0.330 e. The Balaban J connectivity index is 1.79. The minimum atomic E-state index is -0.699. The molecule has 190 valence electrons. The zero-order valence-corrected chi connectivity index (χ0v) is 20.5. The highest BCUT2D eigenvalue weighted by Gasteiger charge is 2.29. The number of ether oxygens (including phenoxy) is 1. The summed E-state index contributed by atoms with van der Waals surface area (Å²) < 4.78 is 7.01. The molecule has 1 fully saturated rings. The minimum absolute atomic E-state index is 0.0202. The summed E-state index contributed by atoms with van der Waals surface area (Å²) >= 11 is 0. The van der Waals surface area contributed by atoms with Crippen molar-refractivity contribution < 1.29 is 14.3 Å². The predicted octanol–water partition coefficient (Wildman–Crippen LogP) is 2.87. The van der Waals surface area contributed by atoms with Gasteiger partial charge in [0.1, 0.15) is 11.6 Å². The third kappa shape index (κ3) is 6.97. The normalized spacial score (nSPS) is 12.9. The maximum absolute atomic E-state index is 13.2.